The third-order valence-electron chi connectivity index (χ3n) is 5.13. The van der Waals surface area contributed by atoms with Crippen molar-refractivity contribution in [2.75, 3.05) is 40.9 Å². The largest absolute Gasteiger partial charge is 0.502 e. The van der Waals surface area contributed by atoms with Crippen LogP contribution in [0.4, 0.5) is 0 Å². The summed E-state index contributed by atoms with van der Waals surface area (Å²) in [5, 5.41) is 16.7. The summed E-state index contributed by atoms with van der Waals surface area (Å²) < 4.78 is 10.4. The van der Waals surface area contributed by atoms with E-state index in [0.29, 0.717) is 24.1 Å². The maximum atomic E-state index is 10.0. The minimum absolute atomic E-state index is 0.0123. The second-order valence-corrected chi connectivity index (χ2v) is 6.80. The van der Waals surface area contributed by atoms with E-state index in [1.165, 1.54) is 46.4 Å². The molecule has 0 aromatic heterocycles. The Kier molecular flexibility index (Phi) is 8.51. The van der Waals surface area contributed by atoms with Crippen molar-refractivity contribution in [3.63, 3.8) is 0 Å². The van der Waals surface area contributed by atoms with E-state index in [0.717, 1.165) is 24.6 Å². The number of phenolic OH excluding ortho intramolecular Hbond substituents is 1. The molecular formula is C20H34N4O3. The number of nitrogens with one attached hydrogen (secondary N) is 2. The maximum Gasteiger partial charge on any atom is 0.200 e. The lowest BCUT2D eigenvalue weighted by atomic mass is 10.0. The van der Waals surface area contributed by atoms with Crippen molar-refractivity contribution < 1.29 is 14.6 Å². The molecule has 1 atom stereocenters. The predicted molar refractivity (Wildman–Crippen MR) is 109 cm³/mol. The van der Waals surface area contributed by atoms with E-state index in [2.05, 4.69) is 27.4 Å². The van der Waals surface area contributed by atoms with E-state index in [1.54, 1.807) is 19.2 Å². The van der Waals surface area contributed by atoms with Gasteiger partial charge in [0.05, 0.1) is 14.2 Å². The molecule has 2 rings (SSSR count). The second kappa shape index (κ2) is 10.9. The van der Waals surface area contributed by atoms with Crippen molar-refractivity contribution in [3.8, 4) is 17.2 Å². The van der Waals surface area contributed by atoms with Gasteiger partial charge < -0.3 is 25.2 Å². The summed E-state index contributed by atoms with van der Waals surface area (Å²) in [5.41, 5.74) is 0.937. The lowest BCUT2D eigenvalue weighted by Gasteiger charge is -2.35. The first-order valence-corrected chi connectivity index (χ1v) is 9.75. The highest BCUT2D eigenvalue weighted by Gasteiger charge is 2.20. The zero-order valence-electron chi connectivity index (χ0n) is 17.0. The fourth-order valence-corrected chi connectivity index (χ4v) is 3.59. The van der Waals surface area contributed by atoms with E-state index in [9.17, 15) is 5.11 Å². The van der Waals surface area contributed by atoms with Crippen molar-refractivity contribution in [1.29, 1.82) is 0 Å². The minimum atomic E-state index is 0.0123. The van der Waals surface area contributed by atoms with Gasteiger partial charge in [0.1, 0.15) is 0 Å². The summed E-state index contributed by atoms with van der Waals surface area (Å²) in [6.45, 7) is 5.91. The number of guanidine groups is 1. The first kappa shape index (κ1) is 21.2. The number of likely N-dealkylation sites (tertiary alicyclic amines) is 1. The summed E-state index contributed by atoms with van der Waals surface area (Å²) in [5.74, 6) is 1.55. The molecule has 0 radical (unpaired) electrons. The Morgan fingerprint density at radius 3 is 2.52 bits per heavy atom. The Morgan fingerprint density at radius 2 is 1.93 bits per heavy atom. The normalized spacial score (nSPS) is 18.2. The Morgan fingerprint density at radius 1 is 1.22 bits per heavy atom. The van der Waals surface area contributed by atoms with Crippen LogP contribution in [0.2, 0.25) is 0 Å². The van der Waals surface area contributed by atoms with Gasteiger partial charge in [-0.25, -0.2) is 0 Å². The zero-order valence-corrected chi connectivity index (χ0v) is 17.0. The first-order valence-electron chi connectivity index (χ1n) is 9.75. The molecule has 27 heavy (non-hydrogen) atoms. The standard InChI is InChI=1S/C20H34N4O3/c1-5-16-8-6-7-10-24(16)11-9-22-20(21-2)23-14-15-12-17(26-3)19(25)18(13-15)27-4/h12-13,16,25H,5-11,14H2,1-4H3,(H2,21,22,23). The lowest BCUT2D eigenvalue weighted by Crippen LogP contribution is -2.45. The van der Waals surface area contributed by atoms with Crippen LogP contribution in [0.1, 0.15) is 38.2 Å². The number of phenols is 1. The number of aliphatic imine (C=N–C) groups is 1. The van der Waals surface area contributed by atoms with Gasteiger partial charge in [-0.3, -0.25) is 9.89 Å². The molecule has 1 aromatic carbocycles. The highest BCUT2D eigenvalue weighted by Crippen LogP contribution is 2.36. The topological polar surface area (TPSA) is 78.4 Å². The van der Waals surface area contributed by atoms with Crippen LogP contribution in [0.3, 0.4) is 0 Å². The Hall–Kier alpha value is -2.15. The van der Waals surface area contributed by atoms with E-state index in [-0.39, 0.29) is 5.75 Å². The number of piperidine rings is 1. The fraction of sp³-hybridized carbons (Fsp3) is 0.650. The monoisotopic (exact) mass is 378 g/mol. The average Bonchev–Trinajstić information content (AvgIpc) is 2.71. The highest BCUT2D eigenvalue weighted by atomic mass is 16.5. The number of rotatable bonds is 8. The first-order chi connectivity index (χ1) is 13.1. The molecule has 1 fully saturated rings. The Balaban J connectivity index is 1.85. The van der Waals surface area contributed by atoms with Crippen LogP contribution in [-0.4, -0.2) is 62.9 Å². The quantitative estimate of drug-likeness (QED) is 0.476. The Labute approximate surface area is 162 Å². The van der Waals surface area contributed by atoms with E-state index >= 15 is 0 Å². The zero-order chi connectivity index (χ0) is 19.6. The van der Waals surface area contributed by atoms with Crippen molar-refractivity contribution in [3.05, 3.63) is 17.7 Å². The number of methoxy groups -OCH3 is 2. The third-order valence-corrected chi connectivity index (χ3v) is 5.13. The molecule has 1 aliphatic heterocycles. The number of hydrogen-bond acceptors (Lipinski definition) is 5. The second-order valence-electron chi connectivity index (χ2n) is 6.80. The molecule has 0 saturated carbocycles. The molecule has 1 saturated heterocycles. The van der Waals surface area contributed by atoms with Gasteiger partial charge in [-0.15, -0.1) is 0 Å². The number of nitrogens with zero attached hydrogens (tertiary/aromatic N) is 2. The summed E-state index contributed by atoms with van der Waals surface area (Å²) in [6.07, 6.45) is 5.19. The average molecular weight is 379 g/mol. The molecule has 7 heteroatoms. The van der Waals surface area contributed by atoms with Gasteiger partial charge in [0.15, 0.2) is 17.5 Å². The van der Waals surface area contributed by atoms with Crippen molar-refractivity contribution in [2.45, 2.75) is 45.2 Å². The molecule has 3 N–H and O–H groups in total. The number of ether oxygens (including phenoxy) is 2. The summed E-state index contributed by atoms with van der Waals surface area (Å²) >= 11 is 0. The molecule has 0 spiro atoms. The molecule has 1 heterocycles. The van der Waals surface area contributed by atoms with E-state index in [1.807, 2.05) is 0 Å². The molecule has 1 aliphatic rings. The number of benzene rings is 1. The molecule has 0 amide bonds. The van der Waals surface area contributed by atoms with Crippen LogP contribution in [0.15, 0.2) is 17.1 Å². The molecule has 1 aromatic rings. The van der Waals surface area contributed by atoms with E-state index in [4.69, 9.17) is 9.47 Å². The molecule has 1 unspecified atom stereocenters. The lowest BCUT2D eigenvalue weighted by molar-refractivity contribution is 0.147. The smallest absolute Gasteiger partial charge is 0.200 e. The molecule has 152 valence electrons. The third kappa shape index (κ3) is 5.92. The van der Waals surface area contributed by atoms with Crippen LogP contribution in [0.25, 0.3) is 0 Å². The minimum Gasteiger partial charge on any atom is -0.502 e. The van der Waals surface area contributed by atoms with E-state index < -0.39 is 0 Å². The van der Waals surface area contributed by atoms with Crippen molar-refractivity contribution >= 4 is 5.96 Å². The van der Waals surface area contributed by atoms with Gasteiger partial charge in [0.2, 0.25) is 5.75 Å². The summed E-state index contributed by atoms with van der Waals surface area (Å²) in [7, 11) is 4.82. The van der Waals surface area contributed by atoms with Crippen LogP contribution >= 0.6 is 0 Å². The number of aromatic hydroxyl groups is 1. The molecular weight excluding hydrogens is 344 g/mol. The number of hydrogen-bond donors (Lipinski definition) is 3. The maximum absolute atomic E-state index is 10.0. The Bertz CT molecular complexity index is 596. The fourth-order valence-electron chi connectivity index (χ4n) is 3.59. The summed E-state index contributed by atoms with van der Waals surface area (Å²) in [4.78, 5) is 6.87. The van der Waals surface area contributed by atoms with Gasteiger partial charge in [-0.2, -0.15) is 0 Å². The van der Waals surface area contributed by atoms with Gasteiger partial charge in [-0.1, -0.05) is 13.3 Å². The molecule has 0 bridgehead atoms. The van der Waals surface area contributed by atoms with Crippen LogP contribution in [0.5, 0.6) is 17.2 Å². The van der Waals surface area contributed by atoms with Gasteiger partial charge >= 0.3 is 0 Å². The molecule has 7 nitrogen and oxygen atoms in total. The predicted octanol–water partition coefficient (Wildman–Crippen LogP) is 2.34. The highest BCUT2D eigenvalue weighted by molar-refractivity contribution is 5.79. The van der Waals surface area contributed by atoms with Crippen molar-refractivity contribution in [1.82, 2.24) is 15.5 Å². The van der Waals surface area contributed by atoms with Crippen LogP contribution in [0, 0.1) is 0 Å². The van der Waals surface area contributed by atoms with Gasteiger partial charge in [0, 0.05) is 32.7 Å². The van der Waals surface area contributed by atoms with Crippen LogP contribution < -0.4 is 20.1 Å². The molecule has 0 aliphatic carbocycles. The van der Waals surface area contributed by atoms with Gasteiger partial charge in [0.25, 0.3) is 0 Å². The van der Waals surface area contributed by atoms with Crippen LogP contribution in [-0.2, 0) is 6.54 Å². The SMILES string of the molecule is CCC1CCCCN1CCNC(=NC)NCc1cc(OC)c(O)c(OC)c1. The van der Waals surface area contributed by atoms with Crippen molar-refractivity contribution in [2.24, 2.45) is 4.99 Å². The van der Waals surface area contributed by atoms with Gasteiger partial charge in [-0.05, 0) is 43.5 Å². The summed E-state index contributed by atoms with van der Waals surface area (Å²) in [6, 6.07) is 4.29.